The van der Waals surface area contributed by atoms with Crippen molar-refractivity contribution in [3.63, 3.8) is 0 Å². The number of hydrogen-bond acceptors (Lipinski definition) is 2. The second-order valence-electron chi connectivity index (χ2n) is 3.88. The van der Waals surface area contributed by atoms with Crippen molar-refractivity contribution in [3.05, 3.63) is 29.3 Å². The van der Waals surface area contributed by atoms with E-state index in [1.54, 1.807) is 0 Å². The van der Waals surface area contributed by atoms with Crippen LogP contribution in [-0.4, -0.2) is 16.2 Å². The number of aromatic hydroxyl groups is 1. The summed E-state index contributed by atoms with van der Waals surface area (Å²) in [5.41, 5.74) is -0.887. The maximum atomic E-state index is 12.4. The standard InChI is InChI=1S/C11H13FO3/c1-11(2,10(14)15)8-5-3-4-7(6-12)9(8)13/h3-5,13H,6H2,1-2H3,(H,14,15). The molecular weight excluding hydrogens is 199 g/mol. The molecule has 1 aromatic carbocycles. The predicted molar refractivity (Wildman–Crippen MR) is 53.6 cm³/mol. The number of rotatable bonds is 3. The zero-order valence-electron chi connectivity index (χ0n) is 8.62. The fraction of sp³-hybridized carbons (Fsp3) is 0.364. The summed E-state index contributed by atoms with van der Waals surface area (Å²) >= 11 is 0. The van der Waals surface area contributed by atoms with Crippen LogP contribution in [0.1, 0.15) is 25.0 Å². The first-order chi connectivity index (χ1) is 6.91. The van der Waals surface area contributed by atoms with E-state index >= 15 is 0 Å². The summed E-state index contributed by atoms with van der Waals surface area (Å²) in [5.74, 6) is -1.33. The molecule has 0 aromatic heterocycles. The summed E-state index contributed by atoms with van der Waals surface area (Å²) in [4.78, 5) is 11.0. The van der Waals surface area contributed by atoms with Gasteiger partial charge in [-0.15, -0.1) is 0 Å². The Morgan fingerprint density at radius 2 is 2.07 bits per heavy atom. The van der Waals surface area contributed by atoms with Crippen LogP contribution < -0.4 is 0 Å². The van der Waals surface area contributed by atoms with Crippen molar-refractivity contribution >= 4 is 5.97 Å². The Hall–Kier alpha value is -1.58. The number of carbonyl (C=O) groups is 1. The number of phenolic OH excluding ortho intramolecular Hbond substituents is 1. The summed E-state index contributed by atoms with van der Waals surface area (Å²) in [6.45, 7) is 2.12. The number of para-hydroxylation sites is 1. The maximum absolute atomic E-state index is 12.4. The van der Waals surface area contributed by atoms with Gasteiger partial charge in [-0.3, -0.25) is 4.79 Å². The third-order valence-corrected chi connectivity index (χ3v) is 2.47. The van der Waals surface area contributed by atoms with Gasteiger partial charge in [0.2, 0.25) is 0 Å². The van der Waals surface area contributed by atoms with Crippen molar-refractivity contribution in [2.24, 2.45) is 0 Å². The lowest BCUT2D eigenvalue weighted by atomic mass is 9.83. The number of carboxylic acids is 1. The fourth-order valence-electron chi connectivity index (χ4n) is 1.32. The van der Waals surface area contributed by atoms with Crippen molar-refractivity contribution in [2.75, 3.05) is 0 Å². The summed E-state index contributed by atoms with van der Waals surface area (Å²) in [7, 11) is 0. The highest BCUT2D eigenvalue weighted by Crippen LogP contribution is 2.33. The van der Waals surface area contributed by atoms with E-state index in [4.69, 9.17) is 5.11 Å². The zero-order chi connectivity index (χ0) is 11.6. The molecule has 4 heteroatoms. The molecule has 15 heavy (non-hydrogen) atoms. The Morgan fingerprint density at radius 1 is 1.47 bits per heavy atom. The fourth-order valence-corrected chi connectivity index (χ4v) is 1.32. The SMILES string of the molecule is CC(C)(C(=O)O)c1cccc(CF)c1O. The van der Waals surface area contributed by atoms with E-state index in [1.165, 1.54) is 32.0 Å². The van der Waals surface area contributed by atoms with Crippen LogP contribution in [0.2, 0.25) is 0 Å². The largest absolute Gasteiger partial charge is 0.507 e. The first kappa shape index (κ1) is 11.5. The molecule has 1 rings (SSSR count). The lowest BCUT2D eigenvalue weighted by Crippen LogP contribution is -2.28. The van der Waals surface area contributed by atoms with Gasteiger partial charge >= 0.3 is 5.97 Å². The van der Waals surface area contributed by atoms with E-state index < -0.39 is 18.1 Å². The van der Waals surface area contributed by atoms with Crippen LogP contribution in [0.4, 0.5) is 4.39 Å². The van der Waals surface area contributed by atoms with Gasteiger partial charge < -0.3 is 10.2 Å². The van der Waals surface area contributed by atoms with E-state index in [1.807, 2.05) is 0 Å². The van der Waals surface area contributed by atoms with Crippen molar-refractivity contribution in [2.45, 2.75) is 25.9 Å². The molecule has 0 radical (unpaired) electrons. The van der Waals surface area contributed by atoms with Crippen molar-refractivity contribution in [1.29, 1.82) is 0 Å². The predicted octanol–water partition coefficient (Wildman–Crippen LogP) is 2.22. The van der Waals surface area contributed by atoms with E-state index in [0.717, 1.165) is 0 Å². The molecule has 0 unspecified atom stereocenters. The Bertz CT molecular complexity index is 385. The monoisotopic (exact) mass is 212 g/mol. The van der Waals surface area contributed by atoms with E-state index in [0.29, 0.717) is 0 Å². The van der Waals surface area contributed by atoms with Crippen molar-refractivity contribution in [3.8, 4) is 5.75 Å². The lowest BCUT2D eigenvalue weighted by molar-refractivity contribution is -0.142. The van der Waals surface area contributed by atoms with Crippen LogP contribution in [0, 0.1) is 0 Å². The molecule has 82 valence electrons. The molecule has 1 aromatic rings. The van der Waals surface area contributed by atoms with Gasteiger partial charge in [0.05, 0.1) is 5.41 Å². The second kappa shape index (κ2) is 3.88. The minimum absolute atomic E-state index is 0.113. The number of carboxylic acid groups (broad SMARTS) is 1. The average molecular weight is 212 g/mol. The quantitative estimate of drug-likeness (QED) is 0.807. The number of halogens is 1. The Kier molecular flexibility index (Phi) is 2.98. The second-order valence-corrected chi connectivity index (χ2v) is 3.88. The van der Waals surface area contributed by atoms with Crippen LogP contribution in [0.5, 0.6) is 5.75 Å². The maximum Gasteiger partial charge on any atom is 0.313 e. The van der Waals surface area contributed by atoms with Gasteiger partial charge in [-0.1, -0.05) is 18.2 Å². The molecule has 0 bridgehead atoms. The molecule has 2 N–H and O–H groups in total. The average Bonchev–Trinajstić information content (AvgIpc) is 2.17. The minimum atomic E-state index is -1.23. The Balaban J connectivity index is 3.32. The molecule has 0 fully saturated rings. The molecule has 0 saturated carbocycles. The topological polar surface area (TPSA) is 57.5 Å². The summed E-state index contributed by atoms with van der Waals surface area (Å²) in [5, 5.41) is 18.6. The molecule has 0 aliphatic heterocycles. The molecule has 0 heterocycles. The smallest absolute Gasteiger partial charge is 0.313 e. The van der Waals surface area contributed by atoms with Crippen molar-refractivity contribution in [1.82, 2.24) is 0 Å². The summed E-state index contributed by atoms with van der Waals surface area (Å²) in [6.07, 6.45) is 0. The van der Waals surface area contributed by atoms with Gasteiger partial charge in [-0.25, -0.2) is 4.39 Å². The van der Waals surface area contributed by atoms with Gasteiger partial charge in [0.1, 0.15) is 12.4 Å². The highest BCUT2D eigenvalue weighted by Gasteiger charge is 2.32. The summed E-state index contributed by atoms with van der Waals surface area (Å²) in [6, 6.07) is 4.45. The number of alkyl halides is 1. The zero-order valence-corrected chi connectivity index (χ0v) is 8.62. The molecule has 0 spiro atoms. The number of benzene rings is 1. The van der Waals surface area contributed by atoms with Crippen LogP contribution in [-0.2, 0) is 16.9 Å². The van der Waals surface area contributed by atoms with Gasteiger partial charge in [0, 0.05) is 11.1 Å². The van der Waals surface area contributed by atoms with Gasteiger partial charge in [-0.2, -0.15) is 0 Å². The normalized spacial score (nSPS) is 11.4. The number of phenols is 1. The Morgan fingerprint density at radius 3 is 2.53 bits per heavy atom. The third-order valence-electron chi connectivity index (χ3n) is 2.47. The van der Waals surface area contributed by atoms with Crippen LogP contribution in [0.3, 0.4) is 0 Å². The summed E-state index contributed by atoms with van der Waals surface area (Å²) < 4.78 is 12.4. The lowest BCUT2D eigenvalue weighted by Gasteiger charge is -2.21. The van der Waals surface area contributed by atoms with Crippen molar-refractivity contribution < 1.29 is 19.4 Å². The van der Waals surface area contributed by atoms with Crippen LogP contribution in [0.15, 0.2) is 18.2 Å². The molecule has 0 aliphatic rings. The van der Waals surface area contributed by atoms with Crippen LogP contribution >= 0.6 is 0 Å². The number of hydrogen-bond donors (Lipinski definition) is 2. The van der Waals surface area contributed by atoms with E-state index in [9.17, 15) is 14.3 Å². The molecule has 0 saturated heterocycles. The first-order valence-corrected chi connectivity index (χ1v) is 4.52. The molecule has 0 atom stereocenters. The minimum Gasteiger partial charge on any atom is -0.507 e. The Labute approximate surface area is 87.2 Å². The van der Waals surface area contributed by atoms with Gasteiger partial charge in [0.15, 0.2) is 0 Å². The van der Waals surface area contributed by atoms with Crippen LogP contribution in [0.25, 0.3) is 0 Å². The first-order valence-electron chi connectivity index (χ1n) is 4.52. The molecular formula is C11H13FO3. The van der Waals surface area contributed by atoms with Gasteiger partial charge in [-0.05, 0) is 13.8 Å². The van der Waals surface area contributed by atoms with E-state index in [-0.39, 0.29) is 16.9 Å². The van der Waals surface area contributed by atoms with Gasteiger partial charge in [0.25, 0.3) is 0 Å². The van der Waals surface area contributed by atoms with E-state index in [2.05, 4.69) is 0 Å². The molecule has 0 amide bonds. The molecule has 0 aliphatic carbocycles. The highest BCUT2D eigenvalue weighted by atomic mass is 19.1. The molecule has 3 nitrogen and oxygen atoms in total. The number of aliphatic carboxylic acids is 1. The highest BCUT2D eigenvalue weighted by molar-refractivity contribution is 5.81. The third kappa shape index (κ3) is 1.93.